The first-order valence-corrected chi connectivity index (χ1v) is 6.92. The molecule has 1 aromatic rings. The maximum atomic E-state index is 12.1. The van der Waals surface area contributed by atoms with E-state index in [1.165, 1.54) is 0 Å². The molecule has 19 heavy (non-hydrogen) atoms. The van der Waals surface area contributed by atoms with Gasteiger partial charge in [-0.1, -0.05) is 18.5 Å². The van der Waals surface area contributed by atoms with Crippen molar-refractivity contribution < 1.29 is 4.79 Å². The predicted molar refractivity (Wildman–Crippen MR) is 78.7 cm³/mol. The van der Waals surface area contributed by atoms with Gasteiger partial charge >= 0.3 is 0 Å². The van der Waals surface area contributed by atoms with Crippen molar-refractivity contribution >= 4 is 17.5 Å². The highest BCUT2D eigenvalue weighted by atomic mass is 35.5. The van der Waals surface area contributed by atoms with E-state index in [-0.39, 0.29) is 11.9 Å². The summed E-state index contributed by atoms with van der Waals surface area (Å²) < 4.78 is 0. The zero-order valence-corrected chi connectivity index (χ0v) is 12.8. The van der Waals surface area contributed by atoms with Crippen molar-refractivity contribution in [3.63, 3.8) is 0 Å². The highest BCUT2D eigenvalue weighted by Gasteiger charge is 2.12. The molecule has 1 rings (SSSR count). The van der Waals surface area contributed by atoms with Crippen LogP contribution in [0.2, 0.25) is 5.15 Å². The molecule has 5 heteroatoms. The molecule has 0 spiro atoms. The fraction of sp³-hybridized carbons (Fsp3) is 0.571. The third-order valence-corrected chi connectivity index (χ3v) is 3.05. The number of rotatable bonds is 6. The second-order valence-electron chi connectivity index (χ2n) is 4.99. The Bertz CT molecular complexity index is 435. The Morgan fingerprint density at radius 2 is 2.16 bits per heavy atom. The second-order valence-corrected chi connectivity index (χ2v) is 5.38. The fourth-order valence-electron chi connectivity index (χ4n) is 1.69. The number of carbonyl (C=O) groups is 1. The molecule has 0 aliphatic rings. The number of carbonyl (C=O) groups excluding carboxylic acids is 1. The first kappa shape index (κ1) is 15.9. The van der Waals surface area contributed by atoms with Crippen LogP contribution in [-0.4, -0.2) is 42.5 Å². The molecule has 106 valence electrons. The molecule has 1 N–H and O–H groups in total. The summed E-state index contributed by atoms with van der Waals surface area (Å²) in [6.45, 7) is 4.93. The van der Waals surface area contributed by atoms with Gasteiger partial charge in [-0.15, -0.1) is 0 Å². The summed E-state index contributed by atoms with van der Waals surface area (Å²) in [5.74, 6) is -0.0924. The first-order chi connectivity index (χ1) is 8.92. The Hall–Kier alpha value is -1.13. The summed E-state index contributed by atoms with van der Waals surface area (Å²) in [5, 5.41) is 3.34. The minimum Gasteiger partial charge on any atom is -0.350 e. The summed E-state index contributed by atoms with van der Waals surface area (Å²) in [6.07, 6.45) is 1.68. The number of nitrogens with zero attached hydrogens (tertiary/aromatic N) is 2. The van der Waals surface area contributed by atoms with Crippen LogP contribution in [0.25, 0.3) is 0 Å². The van der Waals surface area contributed by atoms with E-state index in [0.29, 0.717) is 10.7 Å². The van der Waals surface area contributed by atoms with E-state index in [0.717, 1.165) is 25.1 Å². The number of amides is 1. The standard InChI is InChI=1S/C14H22ClN3O/c1-5-12-8-11(9-13(15)17-12)14(19)16-10(2)6-7-18(3)4/h8-10H,5-7H2,1-4H3,(H,16,19). The van der Waals surface area contributed by atoms with Crippen LogP contribution >= 0.6 is 11.6 Å². The lowest BCUT2D eigenvalue weighted by Crippen LogP contribution is -2.34. The van der Waals surface area contributed by atoms with Gasteiger partial charge in [-0.25, -0.2) is 4.98 Å². The lowest BCUT2D eigenvalue weighted by Gasteiger charge is -2.17. The van der Waals surface area contributed by atoms with Gasteiger partial charge in [0.05, 0.1) is 0 Å². The average Bonchev–Trinajstić information content (AvgIpc) is 2.35. The van der Waals surface area contributed by atoms with Gasteiger partial charge in [0, 0.05) is 17.3 Å². The smallest absolute Gasteiger partial charge is 0.251 e. The topological polar surface area (TPSA) is 45.2 Å². The van der Waals surface area contributed by atoms with E-state index >= 15 is 0 Å². The highest BCUT2D eigenvalue weighted by molar-refractivity contribution is 6.29. The van der Waals surface area contributed by atoms with E-state index < -0.39 is 0 Å². The van der Waals surface area contributed by atoms with E-state index in [1.54, 1.807) is 12.1 Å². The predicted octanol–water partition coefficient (Wildman–Crippen LogP) is 2.37. The number of nitrogens with one attached hydrogen (secondary N) is 1. The van der Waals surface area contributed by atoms with E-state index in [2.05, 4.69) is 15.2 Å². The molecular formula is C14H22ClN3O. The number of aromatic nitrogens is 1. The Labute approximate surface area is 120 Å². The van der Waals surface area contributed by atoms with Gasteiger partial charge in [0.15, 0.2) is 0 Å². The molecule has 1 atom stereocenters. The summed E-state index contributed by atoms with van der Waals surface area (Å²) in [7, 11) is 4.04. The molecule has 0 fully saturated rings. The number of pyridine rings is 1. The van der Waals surface area contributed by atoms with Crippen molar-refractivity contribution in [3.05, 3.63) is 28.5 Å². The summed E-state index contributed by atoms with van der Waals surface area (Å²) >= 11 is 5.91. The molecule has 1 heterocycles. The average molecular weight is 284 g/mol. The van der Waals surface area contributed by atoms with Crippen LogP contribution in [0.3, 0.4) is 0 Å². The van der Waals surface area contributed by atoms with Crippen LogP contribution in [0.4, 0.5) is 0 Å². The lowest BCUT2D eigenvalue weighted by atomic mass is 10.1. The third kappa shape index (κ3) is 5.57. The molecule has 0 radical (unpaired) electrons. The third-order valence-electron chi connectivity index (χ3n) is 2.86. The molecule has 4 nitrogen and oxygen atoms in total. The first-order valence-electron chi connectivity index (χ1n) is 6.54. The zero-order chi connectivity index (χ0) is 14.4. The number of hydrogen-bond donors (Lipinski definition) is 1. The Kier molecular flexibility index (Phi) is 6.25. The molecule has 0 aliphatic heterocycles. The van der Waals surface area contributed by atoms with Crippen LogP contribution in [0.15, 0.2) is 12.1 Å². The fourth-order valence-corrected chi connectivity index (χ4v) is 1.92. The molecule has 0 aromatic carbocycles. The SMILES string of the molecule is CCc1cc(C(=O)NC(C)CCN(C)C)cc(Cl)n1. The minimum absolute atomic E-state index is 0.0924. The Morgan fingerprint density at radius 3 is 2.74 bits per heavy atom. The zero-order valence-electron chi connectivity index (χ0n) is 12.0. The van der Waals surface area contributed by atoms with E-state index in [9.17, 15) is 4.79 Å². The van der Waals surface area contributed by atoms with Crippen LogP contribution in [0.1, 0.15) is 36.3 Å². The maximum absolute atomic E-state index is 12.1. The van der Waals surface area contributed by atoms with Crippen LogP contribution in [-0.2, 0) is 6.42 Å². The van der Waals surface area contributed by atoms with Crippen molar-refractivity contribution in [2.45, 2.75) is 32.7 Å². The summed E-state index contributed by atoms with van der Waals surface area (Å²) in [4.78, 5) is 18.4. The van der Waals surface area contributed by atoms with Crippen molar-refractivity contribution in [1.29, 1.82) is 0 Å². The molecule has 1 unspecified atom stereocenters. The van der Waals surface area contributed by atoms with Crippen molar-refractivity contribution in [2.24, 2.45) is 0 Å². The number of aryl methyl sites for hydroxylation is 1. The quantitative estimate of drug-likeness (QED) is 0.815. The van der Waals surface area contributed by atoms with Crippen LogP contribution in [0, 0.1) is 0 Å². The largest absolute Gasteiger partial charge is 0.350 e. The molecule has 0 aliphatic carbocycles. The van der Waals surface area contributed by atoms with Crippen molar-refractivity contribution in [3.8, 4) is 0 Å². The summed E-state index contributed by atoms with van der Waals surface area (Å²) in [5.41, 5.74) is 1.41. The number of halogens is 1. The summed E-state index contributed by atoms with van der Waals surface area (Å²) in [6, 6.07) is 3.53. The number of hydrogen-bond acceptors (Lipinski definition) is 3. The van der Waals surface area contributed by atoms with E-state index in [1.807, 2.05) is 27.9 Å². The van der Waals surface area contributed by atoms with Gasteiger partial charge in [-0.3, -0.25) is 4.79 Å². The van der Waals surface area contributed by atoms with Gasteiger partial charge in [0.2, 0.25) is 0 Å². The maximum Gasteiger partial charge on any atom is 0.251 e. The molecule has 1 aromatic heterocycles. The van der Waals surface area contributed by atoms with Crippen LogP contribution in [0.5, 0.6) is 0 Å². The highest BCUT2D eigenvalue weighted by Crippen LogP contribution is 2.12. The van der Waals surface area contributed by atoms with Gasteiger partial charge < -0.3 is 10.2 Å². The second kappa shape index (κ2) is 7.46. The molecule has 0 saturated heterocycles. The van der Waals surface area contributed by atoms with Crippen LogP contribution < -0.4 is 5.32 Å². The van der Waals surface area contributed by atoms with Gasteiger partial charge in [-0.2, -0.15) is 0 Å². The molecule has 0 saturated carbocycles. The van der Waals surface area contributed by atoms with Crippen molar-refractivity contribution in [1.82, 2.24) is 15.2 Å². The molecular weight excluding hydrogens is 262 g/mol. The van der Waals surface area contributed by atoms with E-state index in [4.69, 9.17) is 11.6 Å². The van der Waals surface area contributed by atoms with Gasteiger partial charge in [0.1, 0.15) is 5.15 Å². The van der Waals surface area contributed by atoms with Gasteiger partial charge in [0.25, 0.3) is 5.91 Å². The monoisotopic (exact) mass is 283 g/mol. The Balaban J connectivity index is 2.64. The Morgan fingerprint density at radius 1 is 1.47 bits per heavy atom. The van der Waals surface area contributed by atoms with Gasteiger partial charge in [-0.05, 0) is 52.5 Å². The van der Waals surface area contributed by atoms with Crippen molar-refractivity contribution in [2.75, 3.05) is 20.6 Å². The normalized spacial score (nSPS) is 12.5. The molecule has 1 amide bonds. The minimum atomic E-state index is -0.0924. The lowest BCUT2D eigenvalue weighted by molar-refractivity contribution is 0.0936. The molecule has 0 bridgehead atoms.